The first-order valence-electron chi connectivity index (χ1n) is 10.1. The summed E-state index contributed by atoms with van der Waals surface area (Å²) in [5, 5.41) is 5.72. The van der Waals surface area contributed by atoms with E-state index < -0.39 is 0 Å². The Labute approximate surface area is 184 Å². The molecule has 1 fully saturated rings. The Balaban J connectivity index is 1.57. The van der Waals surface area contributed by atoms with E-state index in [0.717, 1.165) is 10.0 Å². The molecule has 1 saturated heterocycles. The molecule has 1 aromatic heterocycles. The second-order valence-electron chi connectivity index (χ2n) is 8.04. The van der Waals surface area contributed by atoms with Crippen LogP contribution in [0.3, 0.4) is 0 Å². The van der Waals surface area contributed by atoms with Gasteiger partial charge in [0.2, 0.25) is 5.95 Å². The van der Waals surface area contributed by atoms with E-state index in [0.29, 0.717) is 18.4 Å². The summed E-state index contributed by atoms with van der Waals surface area (Å²) >= 11 is 3.68. The maximum Gasteiger partial charge on any atom is 0.415 e. The summed E-state index contributed by atoms with van der Waals surface area (Å²) in [5.74, 6) is 1.30. The fraction of sp³-hybridized carbons (Fsp3) is 0.348. The van der Waals surface area contributed by atoms with Crippen LogP contribution in [0.1, 0.15) is 37.9 Å². The van der Waals surface area contributed by atoms with Crippen LogP contribution in [-0.2, 0) is 4.74 Å². The molecule has 0 aliphatic carbocycles. The van der Waals surface area contributed by atoms with E-state index in [4.69, 9.17) is 4.74 Å². The molecular formula is C23H25BrN4O2. The standard InChI is InChI=1S/C23H25BrN4O2/c1-13(2)19-12-30-23(29)28(19)20-9-10-25-22(27-20)26-15(4)16-7-8-18-17(11-16)6-5-14(3)21(18)24/h5-11,13,15,19H,12H2,1-4H3,(H,25,26,27)/t15-,19+/m0/s1. The molecule has 0 bridgehead atoms. The maximum atomic E-state index is 12.2. The molecule has 2 heterocycles. The van der Waals surface area contributed by atoms with Crippen LogP contribution in [0.4, 0.5) is 16.6 Å². The van der Waals surface area contributed by atoms with Gasteiger partial charge in [0.15, 0.2) is 0 Å². The Kier molecular flexibility index (Phi) is 5.64. The second kappa shape index (κ2) is 8.22. The number of rotatable bonds is 5. The number of nitrogens with one attached hydrogen (secondary N) is 1. The van der Waals surface area contributed by atoms with Gasteiger partial charge in [-0.1, -0.05) is 38.1 Å². The first-order valence-corrected chi connectivity index (χ1v) is 10.9. The van der Waals surface area contributed by atoms with Crippen molar-refractivity contribution in [2.75, 3.05) is 16.8 Å². The highest BCUT2D eigenvalue weighted by Gasteiger charge is 2.37. The van der Waals surface area contributed by atoms with Crippen LogP contribution < -0.4 is 10.2 Å². The summed E-state index contributed by atoms with van der Waals surface area (Å²) < 4.78 is 6.37. The molecule has 0 spiro atoms. The van der Waals surface area contributed by atoms with Gasteiger partial charge in [-0.2, -0.15) is 4.98 Å². The number of carbonyl (C=O) groups is 1. The first kappa shape index (κ1) is 20.6. The van der Waals surface area contributed by atoms with E-state index >= 15 is 0 Å². The molecular weight excluding hydrogens is 444 g/mol. The lowest BCUT2D eigenvalue weighted by Crippen LogP contribution is -2.37. The predicted octanol–water partition coefficient (Wildman–Crippen LogP) is 5.86. The molecule has 3 aromatic rings. The molecule has 1 aliphatic heterocycles. The van der Waals surface area contributed by atoms with E-state index in [-0.39, 0.29) is 24.1 Å². The number of carbonyl (C=O) groups excluding carboxylic acids is 1. The van der Waals surface area contributed by atoms with Crippen LogP contribution >= 0.6 is 15.9 Å². The summed E-state index contributed by atoms with van der Waals surface area (Å²) in [6.45, 7) is 8.68. The summed E-state index contributed by atoms with van der Waals surface area (Å²) in [6, 6.07) is 12.4. The van der Waals surface area contributed by atoms with Gasteiger partial charge in [-0.05, 0) is 69.7 Å². The average Bonchev–Trinajstić information content (AvgIpc) is 3.12. The van der Waals surface area contributed by atoms with Crippen LogP contribution in [0.15, 0.2) is 47.1 Å². The molecule has 7 heteroatoms. The van der Waals surface area contributed by atoms with Crippen molar-refractivity contribution in [3.8, 4) is 0 Å². The van der Waals surface area contributed by atoms with Gasteiger partial charge in [-0.3, -0.25) is 4.90 Å². The number of cyclic esters (lactones) is 1. The number of aromatic nitrogens is 2. The van der Waals surface area contributed by atoms with E-state index in [1.165, 1.54) is 16.3 Å². The molecule has 156 valence electrons. The number of halogens is 1. The van der Waals surface area contributed by atoms with Gasteiger partial charge in [0, 0.05) is 10.7 Å². The number of amides is 1. The normalized spacial score (nSPS) is 17.5. The van der Waals surface area contributed by atoms with Crippen LogP contribution in [0.5, 0.6) is 0 Å². The third-order valence-electron chi connectivity index (χ3n) is 5.58. The van der Waals surface area contributed by atoms with Crippen LogP contribution in [0.25, 0.3) is 10.8 Å². The van der Waals surface area contributed by atoms with Crippen molar-refractivity contribution in [1.82, 2.24) is 9.97 Å². The smallest absolute Gasteiger partial charge is 0.415 e. The molecule has 2 aromatic carbocycles. The first-order chi connectivity index (χ1) is 14.3. The molecule has 1 aliphatic rings. The zero-order chi connectivity index (χ0) is 21.4. The summed E-state index contributed by atoms with van der Waals surface area (Å²) in [5.41, 5.74) is 2.35. The monoisotopic (exact) mass is 468 g/mol. The number of aryl methyl sites for hydroxylation is 1. The number of fused-ring (bicyclic) bond motifs is 1. The fourth-order valence-electron chi connectivity index (χ4n) is 3.71. The van der Waals surface area contributed by atoms with Crippen molar-refractivity contribution in [2.24, 2.45) is 5.92 Å². The quantitative estimate of drug-likeness (QED) is 0.508. The molecule has 2 atom stereocenters. The lowest BCUT2D eigenvalue weighted by atomic mass is 10.0. The lowest BCUT2D eigenvalue weighted by Gasteiger charge is -2.24. The van der Waals surface area contributed by atoms with Crippen LogP contribution in [-0.4, -0.2) is 28.7 Å². The Hall–Kier alpha value is -2.67. The van der Waals surface area contributed by atoms with E-state index in [1.54, 1.807) is 17.2 Å². The molecule has 0 saturated carbocycles. The zero-order valence-electron chi connectivity index (χ0n) is 17.5. The highest BCUT2D eigenvalue weighted by Crippen LogP contribution is 2.30. The molecule has 0 radical (unpaired) electrons. The van der Waals surface area contributed by atoms with Gasteiger partial charge in [-0.25, -0.2) is 9.78 Å². The fourth-order valence-corrected chi connectivity index (χ4v) is 4.20. The number of hydrogen-bond acceptors (Lipinski definition) is 5. The number of anilines is 2. The summed E-state index contributed by atoms with van der Waals surface area (Å²) in [6.07, 6.45) is 1.31. The molecule has 4 rings (SSSR count). The molecule has 0 unspecified atom stereocenters. The lowest BCUT2D eigenvalue weighted by molar-refractivity contribution is 0.177. The topological polar surface area (TPSA) is 67.4 Å². The largest absolute Gasteiger partial charge is 0.447 e. The average molecular weight is 469 g/mol. The Morgan fingerprint density at radius 3 is 2.77 bits per heavy atom. The van der Waals surface area contributed by atoms with E-state index in [2.05, 4.69) is 89.2 Å². The van der Waals surface area contributed by atoms with Crippen molar-refractivity contribution in [3.05, 3.63) is 58.2 Å². The second-order valence-corrected chi connectivity index (χ2v) is 8.83. The van der Waals surface area contributed by atoms with Gasteiger partial charge >= 0.3 is 6.09 Å². The van der Waals surface area contributed by atoms with Gasteiger partial charge in [-0.15, -0.1) is 0 Å². The Morgan fingerprint density at radius 1 is 1.20 bits per heavy atom. The van der Waals surface area contributed by atoms with Crippen molar-refractivity contribution in [3.63, 3.8) is 0 Å². The molecule has 30 heavy (non-hydrogen) atoms. The number of ether oxygens (including phenoxy) is 1. The minimum atomic E-state index is -0.359. The van der Waals surface area contributed by atoms with Crippen LogP contribution in [0, 0.1) is 12.8 Å². The molecule has 1 amide bonds. The number of benzene rings is 2. The van der Waals surface area contributed by atoms with Gasteiger partial charge in [0.1, 0.15) is 12.4 Å². The van der Waals surface area contributed by atoms with E-state index in [1.807, 2.05) is 0 Å². The molecule has 1 N–H and O–H groups in total. The van der Waals surface area contributed by atoms with Gasteiger partial charge in [0.05, 0.1) is 12.1 Å². The highest BCUT2D eigenvalue weighted by atomic mass is 79.9. The van der Waals surface area contributed by atoms with Gasteiger partial charge in [0.25, 0.3) is 0 Å². The maximum absolute atomic E-state index is 12.2. The summed E-state index contributed by atoms with van der Waals surface area (Å²) in [7, 11) is 0. The van der Waals surface area contributed by atoms with Crippen molar-refractivity contribution in [1.29, 1.82) is 0 Å². The van der Waals surface area contributed by atoms with Crippen molar-refractivity contribution >= 4 is 44.6 Å². The minimum absolute atomic E-state index is 0.00356. The minimum Gasteiger partial charge on any atom is -0.447 e. The SMILES string of the molecule is Cc1ccc2cc([C@H](C)Nc3nccc(N4C(=O)OC[C@@H]4C(C)C)n3)ccc2c1Br. The van der Waals surface area contributed by atoms with Crippen LogP contribution in [0.2, 0.25) is 0 Å². The third-order valence-corrected chi connectivity index (χ3v) is 6.63. The third kappa shape index (κ3) is 3.86. The Bertz CT molecular complexity index is 1100. The zero-order valence-corrected chi connectivity index (χ0v) is 19.1. The highest BCUT2D eigenvalue weighted by molar-refractivity contribution is 9.10. The van der Waals surface area contributed by atoms with E-state index in [9.17, 15) is 4.79 Å². The molecule has 6 nitrogen and oxygen atoms in total. The van der Waals surface area contributed by atoms with Crippen molar-refractivity contribution in [2.45, 2.75) is 39.8 Å². The predicted molar refractivity (Wildman–Crippen MR) is 123 cm³/mol. The summed E-state index contributed by atoms with van der Waals surface area (Å²) in [4.78, 5) is 22.8. The van der Waals surface area contributed by atoms with Gasteiger partial charge < -0.3 is 10.1 Å². The van der Waals surface area contributed by atoms with Crippen molar-refractivity contribution < 1.29 is 9.53 Å². The number of hydrogen-bond donors (Lipinski definition) is 1. The Morgan fingerprint density at radius 2 is 2.00 bits per heavy atom. The number of nitrogens with zero attached hydrogens (tertiary/aromatic N) is 3.